The van der Waals surface area contributed by atoms with E-state index in [1.54, 1.807) is 24.3 Å². The highest BCUT2D eigenvalue weighted by Gasteiger charge is 2.40. The number of carboxylic acids is 1. The first-order chi connectivity index (χ1) is 17.3. The maximum absolute atomic E-state index is 12.8. The number of hydrogen-bond donors (Lipinski definition) is 1. The normalized spacial score (nSPS) is 16.4. The van der Waals surface area contributed by atoms with Crippen molar-refractivity contribution in [1.82, 2.24) is 9.80 Å². The third-order valence-corrected chi connectivity index (χ3v) is 7.59. The molecule has 8 nitrogen and oxygen atoms in total. The number of amides is 4. The molecule has 4 amide bonds. The predicted molar refractivity (Wildman–Crippen MR) is 135 cm³/mol. The zero-order valence-electron chi connectivity index (χ0n) is 19.0. The van der Waals surface area contributed by atoms with E-state index in [1.807, 2.05) is 36.4 Å². The molecule has 2 aliphatic heterocycles. The summed E-state index contributed by atoms with van der Waals surface area (Å²) in [5.74, 6) is -3.39. The van der Waals surface area contributed by atoms with E-state index in [0.29, 0.717) is 17.7 Å². The second-order valence-corrected chi connectivity index (χ2v) is 10.2. The molecule has 0 aromatic heterocycles. The van der Waals surface area contributed by atoms with E-state index in [1.165, 1.54) is 17.8 Å². The molecule has 0 saturated heterocycles. The lowest BCUT2D eigenvalue weighted by Gasteiger charge is -2.23. The molecular weight excluding hydrogens is 500 g/mol. The zero-order valence-corrected chi connectivity index (χ0v) is 20.7. The van der Waals surface area contributed by atoms with E-state index in [-0.39, 0.29) is 23.8 Å². The van der Waals surface area contributed by atoms with Gasteiger partial charge in [0.15, 0.2) is 0 Å². The van der Waals surface area contributed by atoms with Gasteiger partial charge in [-0.1, -0.05) is 59.9 Å². The molecule has 0 spiro atoms. The molecule has 1 atom stereocenters. The highest BCUT2D eigenvalue weighted by molar-refractivity contribution is 8.04. The molecule has 0 fully saturated rings. The summed E-state index contributed by atoms with van der Waals surface area (Å²) in [6.07, 6.45) is 3.12. The van der Waals surface area contributed by atoms with E-state index in [4.69, 9.17) is 0 Å². The van der Waals surface area contributed by atoms with Gasteiger partial charge in [-0.05, 0) is 43.5 Å². The molecule has 36 heavy (non-hydrogen) atoms. The topological polar surface area (TPSA) is 112 Å². The lowest BCUT2D eigenvalue weighted by atomic mass is 10.1. The highest BCUT2D eigenvalue weighted by atomic mass is 32.2. The minimum absolute atomic E-state index is 0.0131. The Bertz CT molecular complexity index is 1260. The first kappa shape index (κ1) is 25.5. The summed E-state index contributed by atoms with van der Waals surface area (Å²) < 4.78 is 0. The smallest absolute Gasteiger partial charge is 0.326 e. The fourth-order valence-corrected chi connectivity index (χ4v) is 5.60. The standard InChI is InChI=1S/C26H22N2O6S2/c29-22-15-20(35-17-9-3-1-4-10-17)24(31)27(22)14-8-7-13-19(26(33)34)28-23(30)16-21(25(28)32)36-18-11-5-2-6-12-18/h1-6,9-12,15-16,19H,7-8,13-14H2,(H,33,34). The summed E-state index contributed by atoms with van der Waals surface area (Å²) in [6.45, 7) is 0.120. The van der Waals surface area contributed by atoms with E-state index in [2.05, 4.69) is 0 Å². The van der Waals surface area contributed by atoms with Crippen LogP contribution in [0.15, 0.2) is 92.4 Å². The summed E-state index contributed by atoms with van der Waals surface area (Å²) in [5.41, 5.74) is 0. The Morgan fingerprint density at radius 2 is 1.28 bits per heavy atom. The van der Waals surface area contributed by atoms with Gasteiger partial charge >= 0.3 is 5.97 Å². The number of carbonyl (C=O) groups excluding carboxylic acids is 4. The van der Waals surface area contributed by atoms with Crippen molar-refractivity contribution in [2.75, 3.05) is 6.54 Å². The van der Waals surface area contributed by atoms with Gasteiger partial charge < -0.3 is 5.11 Å². The second-order valence-electron chi connectivity index (χ2n) is 8.01. The van der Waals surface area contributed by atoms with E-state index < -0.39 is 29.7 Å². The summed E-state index contributed by atoms with van der Waals surface area (Å²) in [7, 11) is 0. The average Bonchev–Trinajstić information content (AvgIpc) is 3.28. The number of thioether (sulfide) groups is 2. The quantitative estimate of drug-likeness (QED) is 0.351. The third-order valence-electron chi connectivity index (χ3n) is 5.55. The summed E-state index contributed by atoms with van der Waals surface area (Å²) in [6, 6.07) is 16.9. The van der Waals surface area contributed by atoms with Crippen molar-refractivity contribution in [2.24, 2.45) is 0 Å². The van der Waals surface area contributed by atoms with Crippen LogP contribution in [0.3, 0.4) is 0 Å². The van der Waals surface area contributed by atoms with Gasteiger partial charge in [0.05, 0.1) is 9.81 Å². The first-order valence-electron chi connectivity index (χ1n) is 11.2. The zero-order chi connectivity index (χ0) is 25.7. The lowest BCUT2D eigenvalue weighted by Crippen LogP contribution is -2.45. The van der Waals surface area contributed by atoms with Gasteiger partial charge in [-0.3, -0.25) is 29.0 Å². The van der Waals surface area contributed by atoms with Crippen molar-refractivity contribution >= 4 is 53.1 Å². The summed E-state index contributed by atoms with van der Waals surface area (Å²) >= 11 is 2.32. The summed E-state index contributed by atoms with van der Waals surface area (Å²) in [5, 5.41) is 9.71. The van der Waals surface area contributed by atoms with Crippen LogP contribution in [0.5, 0.6) is 0 Å². The fraction of sp³-hybridized carbons (Fsp3) is 0.192. The van der Waals surface area contributed by atoms with Gasteiger partial charge in [0.25, 0.3) is 23.6 Å². The first-order valence-corrected chi connectivity index (χ1v) is 12.8. The van der Waals surface area contributed by atoms with Crippen molar-refractivity contribution in [2.45, 2.75) is 35.1 Å². The molecule has 4 rings (SSSR count). The van der Waals surface area contributed by atoms with Crippen LogP contribution >= 0.6 is 23.5 Å². The van der Waals surface area contributed by atoms with Crippen molar-refractivity contribution in [3.8, 4) is 0 Å². The number of rotatable bonds is 11. The molecule has 1 N–H and O–H groups in total. The molecule has 184 valence electrons. The highest BCUT2D eigenvalue weighted by Crippen LogP contribution is 2.33. The van der Waals surface area contributed by atoms with Crippen molar-refractivity contribution in [3.05, 3.63) is 82.6 Å². The molecule has 2 aromatic rings. The SMILES string of the molecule is O=C(O)C(CCCCN1C(=O)C=C(Sc2ccccc2)C1=O)N1C(=O)C=C(Sc2ccccc2)C1=O. The van der Waals surface area contributed by atoms with Crippen LogP contribution in [-0.2, 0) is 24.0 Å². The molecule has 0 saturated carbocycles. The number of imide groups is 2. The minimum atomic E-state index is -1.33. The number of hydrogen-bond acceptors (Lipinski definition) is 7. The maximum Gasteiger partial charge on any atom is 0.326 e. The Labute approximate surface area is 216 Å². The molecule has 2 aromatic carbocycles. The number of aliphatic carboxylic acids is 1. The van der Waals surface area contributed by atoms with Crippen molar-refractivity contribution in [1.29, 1.82) is 0 Å². The summed E-state index contributed by atoms with van der Waals surface area (Å²) in [4.78, 5) is 66.2. The molecule has 2 heterocycles. The Morgan fingerprint density at radius 3 is 1.83 bits per heavy atom. The van der Waals surface area contributed by atoms with Crippen LogP contribution < -0.4 is 0 Å². The second kappa shape index (κ2) is 11.4. The largest absolute Gasteiger partial charge is 0.480 e. The van der Waals surface area contributed by atoms with Gasteiger partial charge in [0.1, 0.15) is 6.04 Å². The van der Waals surface area contributed by atoms with E-state index in [0.717, 1.165) is 37.4 Å². The molecule has 0 aliphatic carbocycles. The van der Waals surface area contributed by atoms with Crippen LogP contribution in [0.25, 0.3) is 0 Å². The van der Waals surface area contributed by atoms with Gasteiger partial charge in [0, 0.05) is 28.5 Å². The fourth-order valence-electron chi connectivity index (χ4n) is 3.80. The minimum Gasteiger partial charge on any atom is -0.480 e. The molecule has 0 radical (unpaired) electrons. The Kier molecular flexibility index (Phi) is 8.07. The molecular formula is C26H22N2O6S2. The molecule has 0 bridgehead atoms. The molecule has 2 aliphatic rings. The average molecular weight is 523 g/mol. The Morgan fingerprint density at radius 1 is 0.750 bits per heavy atom. The van der Waals surface area contributed by atoms with Crippen molar-refractivity contribution < 1.29 is 29.1 Å². The molecule has 1 unspecified atom stereocenters. The van der Waals surface area contributed by atoms with Gasteiger partial charge in [-0.25, -0.2) is 4.79 Å². The number of nitrogens with zero attached hydrogens (tertiary/aromatic N) is 2. The number of carboxylic acid groups (broad SMARTS) is 1. The number of unbranched alkanes of at least 4 members (excludes halogenated alkanes) is 1. The number of benzene rings is 2. The lowest BCUT2D eigenvalue weighted by molar-refractivity contribution is -0.153. The van der Waals surface area contributed by atoms with Crippen LogP contribution in [0, 0.1) is 0 Å². The van der Waals surface area contributed by atoms with Crippen LogP contribution in [-0.4, -0.2) is 57.1 Å². The maximum atomic E-state index is 12.8. The van der Waals surface area contributed by atoms with Crippen LogP contribution in [0.4, 0.5) is 0 Å². The number of carbonyl (C=O) groups is 5. The van der Waals surface area contributed by atoms with Gasteiger partial charge in [0.2, 0.25) is 0 Å². The van der Waals surface area contributed by atoms with Gasteiger partial charge in [-0.15, -0.1) is 0 Å². The van der Waals surface area contributed by atoms with Crippen molar-refractivity contribution in [3.63, 3.8) is 0 Å². The Hall–Kier alpha value is -3.63. The van der Waals surface area contributed by atoms with Crippen LogP contribution in [0.2, 0.25) is 0 Å². The monoisotopic (exact) mass is 522 g/mol. The van der Waals surface area contributed by atoms with E-state index in [9.17, 15) is 29.1 Å². The van der Waals surface area contributed by atoms with E-state index >= 15 is 0 Å². The Balaban J connectivity index is 1.30. The molecule has 10 heteroatoms. The predicted octanol–water partition coefficient (Wildman–Crippen LogP) is 3.70. The van der Waals surface area contributed by atoms with Crippen LogP contribution in [0.1, 0.15) is 19.3 Å². The third kappa shape index (κ3) is 5.77. The van der Waals surface area contributed by atoms with Gasteiger partial charge in [-0.2, -0.15) is 0 Å².